The lowest BCUT2D eigenvalue weighted by atomic mass is 9.87. The highest BCUT2D eigenvalue weighted by atomic mass is 127. The zero-order valence-electron chi connectivity index (χ0n) is 18.8. The summed E-state index contributed by atoms with van der Waals surface area (Å²) in [5.41, 5.74) is 9.53. The van der Waals surface area contributed by atoms with Crippen molar-refractivity contribution in [2.75, 3.05) is 0 Å². The SMILES string of the molecule is CC(C)(NCc1ccc(Oc2ccccc2)cc1)C(N)(I)c1ccnc2cc(Cl)ccc12.Cl.Cl. The minimum Gasteiger partial charge on any atom is -0.457 e. The second kappa shape index (κ2) is 11.9. The van der Waals surface area contributed by atoms with E-state index in [2.05, 4.69) is 58.9 Å². The third-order valence-corrected chi connectivity index (χ3v) is 7.81. The number of para-hydroxylation sites is 1. The molecule has 0 saturated carbocycles. The maximum Gasteiger partial charge on any atom is 0.127 e. The second-order valence-corrected chi connectivity index (χ2v) is 10.4. The van der Waals surface area contributed by atoms with Crippen LogP contribution in [0.1, 0.15) is 25.0 Å². The van der Waals surface area contributed by atoms with Gasteiger partial charge >= 0.3 is 0 Å². The van der Waals surface area contributed by atoms with Crippen LogP contribution < -0.4 is 15.8 Å². The first kappa shape index (κ1) is 28.6. The topological polar surface area (TPSA) is 60.2 Å². The standard InChI is InChI=1S/C26H25ClIN3O.2ClH/c1-25(2,26(28,29)23-14-15-30-24-16-19(27)10-13-22(23)24)31-17-18-8-11-21(12-9-18)32-20-6-4-3-5-7-20;;/h3-16,31H,17,29H2,1-2H3;2*1H. The minimum atomic E-state index is -0.684. The number of nitrogens with two attached hydrogens (primary N) is 1. The number of rotatable bonds is 7. The molecule has 4 nitrogen and oxygen atoms in total. The summed E-state index contributed by atoms with van der Waals surface area (Å²) in [6.45, 7) is 4.92. The van der Waals surface area contributed by atoms with Crippen molar-refractivity contribution in [3.8, 4) is 11.5 Å². The number of pyridine rings is 1. The summed E-state index contributed by atoms with van der Waals surface area (Å²) < 4.78 is 5.20. The average Bonchev–Trinajstić information content (AvgIpc) is 2.78. The molecule has 0 fully saturated rings. The van der Waals surface area contributed by atoms with Crippen molar-refractivity contribution in [1.82, 2.24) is 10.3 Å². The number of fused-ring (bicyclic) bond motifs is 1. The van der Waals surface area contributed by atoms with Crippen molar-refractivity contribution in [3.05, 3.63) is 101 Å². The van der Waals surface area contributed by atoms with Gasteiger partial charge in [-0.3, -0.25) is 4.98 Å². The van der Waals surface area contributed by atoms with Gasteiger partial charge in [0.1, 0.15) is 15.0 Å². The molecule has 0 amide bonds. The summed E-state index contributed by atoms with van der Waals surface area (Å²) in [6, 6.07) is 25.6. The Morgan fingerprint density at radius 2 is 1.59 bits per heavy atom. The molecule has 0 aliphatic carbocycles. The number of nitrogens with one attached hydrogen (secondary N) is 1. The Hall–Kier alpha value is -1.61. The molecular formula is C26H27Cl3IN3O. The first-order chi connectivity index (χ1) is 15.3. The highest BCUT2D eigenvalue weighted by Gasteiger charge is 2.41. The molecule has 0 radical (unpaired) electrons. The van der Waals surface area contributed by atoms with Gasteiger partial charge < -0.3 is 15.8 Å². The number of benzene rings is 3. The van der Waals surface area contributed by atoms with Gasteiger partial charge in [-0.1, -0.05) is 70.6 Å². The number of halogens is 4. The number of alkyl halides is 1. The number of aromatic nitrogens is 1. The van der Waals surface area contributed by atoms with E-state index in [0.29, 0.717) is 11.6 Å². The Morgan fingerprint density at radius 1 is 0.941 bits per heavy atom. The van der Waals surface area contributed by atoms with Gasteiger partial charge in [0, 0.05) is 28.7 Å². The summed E-state index contributed by atoms with van der Waals surface area (Å²) in [7, 11) is 0. The molecule has 4 aromatic rings. The average molecular weight is 631 g/mol. The summed E-state index contributed by atoms with van der Waals surface area (Å²) in [4.78, 5) is 4.45. The van der Waals surface area contributed by atoms with Crippen molar-refractivity contribution in [1.29, 1.82) is 0 Å². The fourth-order valence-corrected chi connectivity index (χ4v) is 4.35. The molecule has 0 aliphatic rings. The van der Waals surface area contributed by atoms with Gasteiger partial charge in [-0.2, -0.15) is 0 Å². The zero-order valence-corrected chi connectivity index (χ0v) is 23.3. The second-order valence-electron chi connectivity index (χ2n) is 8.27. The fraction of sp³-hybridized carbons (Fsp3) is 0.192. The first-order valence-electron chi connectivity index (χ1n) is 10.4. The van der Waals surface area contributed by atoms with Crippen LogP contribution in [0.5, 0.6) is 11.5 Å². The summed E-state index contributed by atoms with van der Waals surface area (Å²) >= 11 is 8.49. The van der Waals surface area contributed by atoms with Crippen molar-refractivity contribution in [2.45, 2.75) is 29.5 Å². The molecule has 34 heavy (non-hydrogen) atoms. The van der Waals surface area contributed by atoms with Crippen LogP contribution in [0.15, 0.2) is 85.1 Å². The van der Waals surface area contributed by atoms with Gasteiger partial charge in [0.25, 0.3) is 0 Å². The van der Waals surface area contributed by atoms with Crippen molar-refractivity contribution >= 4 is 69.9 Å². The predicted molar refractivity (Wildman–Crippen MR) is 155 cm³/mol. The molecule has 1 aromatic heterocycles. The van der Waals surface area contributed by atoms with Crippen LogP contribution in [0.25, 0.3) is 10.9 Å². The minimum absolute atomic E-state index is 0. The van der Waals surface area contributed by atoms with Crippen LogP contribution in [-0.2, 0) is 10.1 Å². The molecular weight excluding hydrogens is 604 g/mol. The van der Waals surface area contributed by atoms with Crippen LogP contribution in [0, 0.1) is 0 Å². The Balaban J connectivity index is 0.00000204. The molecule has 4 rings (SSSR count). The van der Waals surface area contributed by atoms with Crippen molar-refractivity contribution < 1.29 is 4.74 Å². The van der Waals surface area contributed by atoms with Gasteiger partial charge in [0.2, 0.25) is 0 Å². The maximum atomic E-state index is 6.94. The lowest BCUT2D eigenvalue weighted by Crippen LogP contribution is -2.58. The molecule has 3 aromatic carbocycles. The van der Waals surface area contributed by atoms with Crippen LogP contribution in [0.4, 0.5) is 0 Å². The highest BCUT2D eigenvalue weighted by molar-refractivity contribution is 14.1. The third-order valence-electron chi connectivity index (χ3n) is 5.64. The van der Waals surface area contributed by atoms with Crippen LogP contribution in [0.3, 0.4) is 0 Å². The van der Waals surface area contributed by atoms with Gasteiger partial charge in [0.15, 0.2) is 0 Å². The Kier molecular flexibility index (Phi) is 10.0. The van der Waals surface area contributed by atoms with E-state index in [1.807, 2.05) is 66.7 Å². The molecule has 8 heteroatoms. The summed E-state index contributed by atoms with van der Waals surface area (Å²) in [5, 5.41) is 5.31. The smallest absolute Gasteiger partial charge is 0.127 e. The Morgan fingerprint density at radius 3 is 2.26 bits per heavy atom. The zero-order chi connectivity index (χ0) is 22.8. The summed E-state index contributed by atoms with van der Waals surface area (Å²) in [5.74, 6) is 1.63. The number of nitrogens with zero attached hydrogens (tertiary/aromatic N) is 1. The molecule has 1 heterocycles. The summed E-state index contributed by atoms with van der Waals surface area (Å²) in [6.07, 6.45) is 1.79. The molecule has 0 saturated heterocycles. The Labute approximate surface area is 231 Å². The number of hydrogen-bond acceptors (Lipinski definition) is 4. The van der Waals surface area contributed by atoms with Gasteiger partial charge in [-0.05, 0) is 67.4 Å². The van der Waals surface area contributed by atoms with E-state index in [0.717, 1.165) is 33.5 Å². The largest absolute Gasteiger partial charge is 0.457 e. The van der Waals surface area contributed by atoms with E-state index in [4.69, 9.17) is 22.1 Å². The molecule has 180 valence electrons. The van der Waals surface area contributed by atoms with E-state index in [1.165, 1.54) is 0 Å². The van der Waals surface area contributed by atoms with Crippen molar-refractivity contribution in [3.63, 3.8) is 0 Å². The van der Waals surface area contributed by atoms with Crippen LogP contribution in [-0.4, -0.2) is 10.5 Å². The number of ether oxygens (including phenoxy) is 1. The van der Waals surface area contributed by atoms with E-state index in [9.17, 15) is 0 Å². The maximum absolute atomic E-state index is 6.94. The van der Waals surface area contributed by atoms with E-state index < -0.39 is 9.08 Å². The van der Waals surface area contributed by atoms with E-state index in [-0.39, 0.29) is 24.8 Å². The third kappa shape index (κ3) is 6.33. The fourth-order valence-electron chi connectivity index (χ4n) is 3.53. The monoisotopic (exact) mass is 629 g/mol. The molecule has 3 N–H and O–H groups in total. The quantitative estimate of drug-likeness (QED) is 0.125. The van der Waals surface area contributed by atoms with Gasteiger partial charge in [0.05, 0.1) is 5.52 Å². The predicted octanol–water partition coefficient (Wildman–Crippen LogP) is 7.64. The van der Waals surface area contributed by atoms with Crippen molar-refractivity contribution in [2.24, 2.45) is 5.73 Å². The lowest BCUT2D eigenvalue weighted by Gasteiger charge is -2.41. The molecule has 0 spiro atoms. The van der Waals surface area contributed by atoms with E-state index >= 15 is 0 Å². The number of hydrogen-bond donors (Lipinski definition) is 2. The molecule has 0 bridgehead atoms. The van der Waals surface area contributed by atoms with Gasteiger partial charge in [-0.25, -0.2) is 0 Å². The first-order valence-corrected chi connectivity index (χ1v) is 11.8. The van der Waals surface area contributed by atoms with Crippen LogP contribution in [0.2, 0.25) is 5.02 Å². The molecule has 1 atom stereocenters. The lowest BCUT2D eigenvalue weighted by molar-refractivity contribution is 0.307. The molecule has 1 unspecified atom stereocenters. The van der Waals surface area contributed by atoms with E-state index in [1.54, 1.807) is 6.20 Å². The molecule has 0 aliphatic heterocycles. The highest BCUT2D eigenvalue weighted by Crippen LogP contribution is 2.40. The van der Waals surface area contributed by atoms with Crippen LogP contribution >= 0.6 is 59.0 Å². The van der Waals surface area contributed by atoms with Gasteiger partial charge in [-0.15, -0.1) is 24.8 Å². The normalized spacial score (nSPS) is 12.9. The Bertz CT molecular complexity index is 1220.